The van der Waals surface area contributed by atoms with Crippen LogP contribution in [-0.4, -0.2) is 21.9 Å². The second-order valence-corrected chi connectivity index (χ2v) is 7.89. The number of amidine groups is 1. The third-order valence-electron chi connectivity index (χ3n) is 5.44. The van der Waals surface area contributed by atoms with Crippen molar-refractivity contribution >= 4 is 22.9 Å². The summed E-state index contributed by atoms with van der Waals surface area (Å²) >= 11 is 0. The molecular formula is C26H25N3O4. The molecular weight excluding hydrogens is 418 g/mol. The monoisotopic (exact) mass is 443 g/mol. The first-order chi connectivity index (χ1) is 16.0. The molecule has 0 amide bonds. The first-order valence-electron chi connectivity index (χ1n) is 10.7. The van der Waals surface area contributed by atoms with Crippen molar-refractivity contribution in [3.63, 3.8) is 0 Å². The van der Waals surface area contributed by atoms with Crippen LogP contribution in [0.15, 0.2) is 83.3 Å². The molecule has 168 valence electrons. The number of aliphatic hydroxyl groups is 1. The van der Waals surface area contributed by atoms with E-state index in [2.05, 4.69) is 4.98 Å². The maximum atomic E-state index is 12.6. The van der Waals surface area contributed by atoms with E-state index < -0.39 is 18.0 Å². The lowest BCUT2D eigenvalue weighted by molar-refractivity contribution is -0.147. The van der Waals surface area contributed by atoms with Crippen LogP contribution in [0, 0.1) is 11.3 Å². The predicted octanol–water partition coefficient (Wildman–Crippen LogP) is 4.14. The number of aromatic nitrogens is 1. The fourth-order valence-corrected chi connectivity index (χ4v) is 3.65. The van der Waals surface area contributed by atoms with Crippen LogP contribution in [0.25, 0.3) is 11.1 Å². The van der Waals surface area contributed by atoms with Crippen LogP contribution in [-0.2, 0) is 22.6 Å². The molecule has 4 N–H and O–H groups in total. The Labute approximate surface area is 191 Å². The van der Waals surface area contributed by atoms with Crippen molar-refractivity contribution in [3.05, 3.63) is 101 Å². The van der Waals surface area contributed by atoms with Crippen LogP contribution in [0.4, 0.5) is 0 Å². The molecule has 0 spiro atoms. The van der Waals surface area contributed by atoms with Gasteiger partial charge in [-0.15, -0.1) is 0 Å². The zero-order chi connectivity index (χ0) is 23.2. The lowest BCUT2D eigenvalue weighted by Crippen LogP contribution is -2.21. The summed E-state index contributed by atoms with van der Waals surface area (Å²) in [6.45, 7) is 0.165. The number of hydrogen-bond acceptors (Lipinski definition) is 6. The van der Waals surface area contributed by atoms with E-state index in [0.717, 1.165) is 11.1 Å². The molecule has 1 heterocycles. The van der Waals surface area contributed by atoms with Gasteiger partial charge < -0.3 is 20.0 Å². The Hall–Kier alpha value is -3.97. The number of nitrogens with two attached hydrogens (primary N) is 1. The van der Waals surface area contributed by atoms with Crippen molar-refractivity contribution in [3.8, 4) is 0 Å². The topological polar surface area (TPSA) is 122 Å². The number of para-hydroxylation sites is 2. The highest BCUT2D eigenvalue weighted by Gasteiger charge is 2.29. The number of nitrogens with one attached hydrogen (secondary N) is 1. The van der Waals surface area contributed by atoms with Gasteiger partial charge in [0, 0.05) is 11.5 Å². The summed E-state index contributed by atoms with van der Waals surface area (Å²) in [6.07, 6.45) is -0.728. The van der Waals surface area contributed by atoms with Gasteiger partial charge in [-0.1, -0.05) is 66.7 Å². The lowest BCUT2D eigenvalue weighted by atomic mass is 9.90. The molecule has 3 aromatic carbocycles. The van der Waals surface area contributed by atoms with E-state index in [1.54, 1.807) is 24.3 Å². The van der Waals surface area contributed by atoms with Gasteiger partial charge in [0.1, 0.15) is 24.1 Å². The minimum absolute atomic E-state index is 0.0127. The second-order valence-electron chi connectivity index (χ2n) is 7.89. The highest BCUT2D eigenvalue weighted by atomic mass is 16.5. The summed E-state index contributed by atoms with van der Waals surface area (Å²) in [5, 5.41) is 18.6. The maximum absolute atomic E-state index is 12.6. The van der Waals surface area contributed by atoms with Crippen LogP contribution in [0.5, 0.6) is 0 Å². The quantitative estimate of drug-likeness (QED) is 0.203. The fraction of sp³-hybridized carbons (Fsp3) is 0.192. The fourth-order valence-electron chi connectivity index (χ4n) is 3.65. The number of esters is 1. The molecule has 4 rings (SSSR count). The number of fused-ring (bicyclic) bond motifs is 1. The number of carbonyl (C=O) groups excluding carboxylic acids is 1. The summed E-state index contributed by atoms with van der Waals surface area (Å²) < 4.78 is 11.2. The Bertz CT molecular complexity index is 1200. The average Bonchev–Trinajstić information content (AvgIpc) is 3.27. The number of nitrogens with zero attached hydrogens (tertiary/aromatic N) is 1. The molecule has 7 heteroatoms. The van der Waals surface area contributed by atoms with Gasteiger partial charge in [0.05, 0.1) is 6.42 Å². The molecule has 0 bridgehead atoms. The van der Waals surface area contributed by atoms with Crippen molar-refractivity contribution in [2.75, 3.05) is 0 Å². The number of rotatable bonds is 9. The van der Waals surface area contributed by atoms with Crippen molar-refractivity contribution in [1.82, 2.24) is 4.98 Å². The van der Waals surface area contributed by atoms with E-state index in [-0.39, 0.29) is 24.8 Å². The molecule has 0 aliphatic carbocycles. The highest BCUT2D eigenvalue weighted by Crippen LogP contribution is 2.30. The van der Waals surface area contributed by atoms with Gasteiger partial charge in [-0.3, -0.25) is 10.2 Å². The lowest BCUT2D eigenvalue weighted by Gasteiger charge is -2.20. The zero-order valence-electron chi connectivity index (χ0n) is 18.0. The molecule has 33 heavy (non-hydrogen) atoms. The SMILES string of the molecule is N=C(N)c1ccc(C[C@H](CC(=O)OCc2ccccc2)C(O)c2nc3ccccc3o2)cc1. The molecule has 1 unspecified atom stereocenters. The number of nitrogen functional groups attached to an aromatic ring is 1. The number of hydrogen-bond donors (Lipinski definition) is 3. The molecule has 0 saturated heterocycles. The smallest absolute Gasteiger partial charge is 0.306 e. The van der Waals surface area contributed by atoms with Gasteiger partial charge in [-0.2, -0.15) is 0 Å². The Morgan fingerprint density at radius 1 is 1.00 bits per heavy atom. The van der Waals surface area contributed by atoms with Crippen LogP contribution in [0.1, 0.15) is 35.1 Å². The Morgan fingerprint density at radius 3 is 2.39 bits per heavy atom. The number of carbonyl (C=O) groups is 1. The standard InChI is InChI=1S/C26H25N3O4/c27-25(28)19-12-10-17(11-13-19)14-20(15-23(30)32-16-18-6-2-1-3-7-18)24(31)26-29-21-8-4-5-9-22(21)33-26/h1-13,20,24,31H,14-16H2,(H3,27,28)/t20-,24?/m1/s1. The number of aliphatic hydroxyl groups excluding tert-OH is 1. The highest BCUT2D eigenvalue weighted by molar-refractivity contribution is 5.94. The van der Waals surface area contributed by atoms with Gasteiger partial charge >= 0.3 is 5.97 Å². The first kappa shape index (κ1) is 22.2. The van der Waals surface area contributed by atoms with E-state index in [4.69, 9.17) is 20.3 Å². The van der Waals surface area contributed by atoms with Gasteiger partial charge in [0.2, 0.25) is 5.89 Å². The molecule has 0 aliphatic rings. The average molecular weight is 444 g/mol. The van der Waals surface area contributed by atoms with Crippen molar-refractivity contribution in [2.24, 2.45) is 11.7 Å². The molecule has 1 aromatic heterocycles. The predicted molar refractivity (Wildman–Crippen MR) is 124 cm³/mol. The summed E-state index contributed by atoms with van der Waals surface area (Å²) in [6, 6.07) is 23.8. The molecule has 0 fully saturated rings. The van der Waals surface area contributed by atoms with Crippen molar-refractivity contribution in [2.45, 2.75) is 25.6 Å². The van der Waals surface area contributed by atoms with Crippen molar-refractivity contribution in [1.29, 1.82) is 5.41 Å². The summed E-state index contributed by atoms with van der Waals surface area (Å²) in [7, 11) is 0. The van der Waals surface area contributed by atoms with Crippen LogP contribution in [0.2, 0.25) is 0 Å². The largest absolute Gasteiger partial charge is 0.461 e. The third kappa shape index (κ3) is 5.64. The minimum atomic E-state index is -1.10. The number of benzene rings is 3. The van der Waals surface area contributed by atoms with Gasteiger partial charge in [-0.05, 0) is 29.7 Å². The van der Waals surface area contributed by atoms with Crippen molar-refractivity contribution < 1.29 is 19.1 Å². The Kier molecular flexibility index (Phi) is 6.80. The second kappa shape index (κ2) is 10.1. The normalized spacial score (nSPS) is 12.9. The Balaban J connectivity index is 1.52. The summed E-state index contributed by atoms with van der Waals surface area (Å²) in [4.78, 5) is 17.0. The molecule has 0 aliphatic heterocycles. The van der Waals surface area contributed by atoms with E-state index >= 15 is 0 Å². The van der Waals surface area contributed by atoms with Crippen LogP contribution < -0.4 is 5.73 Å². The Morgan fingerprint density at radius 2 is 1.70 bits per heavy atom. The van der Waals surface area contributed by atoms with E-state index in [0.29, 0.717) is 23.1 Å². The molecule has 7 nitrogen and oxygen atoms in total. The van der Waals surface area contributed by atoms with Crippen LogP contribution >= 0.6 is 0 Å². The van der Waals surface area contributed by atoms with E-state index in [1.165, 1.54) is 0 Å². The third-order valence-corrected chi connectivity index (χ3v) is 5.44. The molecule has 4 aromatic rings. The summed E-state index contributed by atoms with van der Waals surface area (Å²) in [5.41, 5.74) is 9.13. The van der Waals surface area contributed by atoms with E-state index in [1.807, 2.05) is 54.6 Å². The van der Waals surface area contributed by atoms with Gasteiger partial charge in [0.25, 0.3) is 0 Å². The first-order valence-corrected chi connectivity index (χ1v) is 10.7. The maximum Gasteiger partial charge on any atom is 0.306 e. The molecule has 0 radical (unpaired) electrons. The van der Waals surface area contributed by atoms with E-state index in [9.17, 15) is 9.90 Å². The zero-order valence-corrected chi connectivity index (χ0v) is 18.0. The number of oxazole rings is 1. The number of ether oxygens (including phenoxy) is 1. The minimum Gasteiger partial charge on any atom is -0.461 e. The van der Waals surface area contributed by atoms with Gasteiger partial charge in [0.15, 0.2) is 5.58 Å². The molecule has 0 saturated carbocycles. The summed E-state index contributed by atoms with van der Waals surface area (Å²) in [5.74, 6) is -0.796. The van der Waals surface area contributed by atoms with Gasteiger partial charge in [-0.25, -0.2) is 4.98 Å². The van der Waals surface area contributed by atoms with Crippen LogP contribution in [0.3, 0.4) is 0 Å². The molecule has 2 atom stereocenters.